The van der Waals surface area contributed by atoms with Crippen molar-refractivity contribution in [2.24, 2.45) is 0 Å². The van der Waals surface area contributed by atoms with E-state index < -0.39 is 6.36 Å². The van der Waals surface area contributed by atoms with Gasteiger partial charge in [0.2, 0.25) is 0 Å². The molecule has 1 N–H and O–H groups in total. The molecule has 1 aliphatic rings. The van der Waals surface area contributed by atoms with E-state index in [1.54, 1.807) is 31.2 Å². The highest BCUT2D eigenvalue weighted by Gasteiger charge is 2.31. The van der Waals surface area contributed by atoms with E-state index in [0.717, 1.165) is 16.8 Å². The normalized spacial score (nSPS) is 13.8. The fourth-order valence-electron chi connectivity index (χ4n) is 5.24. The minimum absolute atomic E-state index is 0.0950. The van der Waals surface area contributed by atoms with Crippen LogP contribution in [-0.2, 0) is 22.6 Å². The summed E-state index contributed by atoms with van der Waals surface area (Å²) in [5.74, 6) is -0.323. The van der Waals surface area contributed by atoms with Gasteiger partial charge in [-0.05, 0) is 78.8 Å². The maximum atomic E-state index is 12.6. The third-order valence-electron chi connectivity index (χ3n) is 7.37. The van der Waals surface area contributed by atoms with Crippen molar-refractivity contribution in [1.82, 2.24) is 5.32 Å². The molecule has 1 amide bonds. The number of carbonyl (C=O) groups excluding carboxylic acids is 2. The number of alkyl halides is 3. The Bertz CT molecular complexity index is 1290. The quantitative estimate of drug-likeness (QED) is 0.224. The third-order valence-corrected chi connectivity index (χ3v) is 7.37. The van der Waals surface area contributed by atoms with Crippen LogP contribution in [0.4, 0.5) is 18.9 Å². The topological polar surface area (TPSA) is 67.9 Å². The van der Waals surface area contributed by atoms with E-state index in [9.17, 15) is 22.8 Å². The molecule has 0 aliphatic heterocycles. The Labute approximate surface area is 244 Å². The Morgan fingerprint density at radius 2 is 1.45 bits per heavy atom. The van der Waals surface area contributed by atoms with Crippen molar-refractivity contribution in [3.63, 3.8) is 0 Å². The summed E-state index contributed by atoms with van der Waals surface area (Å²) in [4.78, 5) is 26.2. The van der Waals surface area contributed by atoms with E-state index >= 15 is 0 Å². The van der Waals surface area contributed by atoms with Crippen LogP contribution in [0.2, 0.25) is 0 Å². The number of esters is 1. The summed E-state index contributed by atoms with van der Waals surface area (Å²) in [5, 5.41) is 2.72. The molecule has 3 aromatic rings. The number of nitrogens with one attached hydrogen (secondary N) is 1. The van der Waals surface area contributed by atoms with Gasteiger partial charge in [-0.1, -0.05) is 55.7 Å². The minimum Gasteiger partial charge on any atom is -0.466 e. The lowest BCUT2D eigenvalue weighted by molar-refractivity contribution is -0.274. The molecule has 4 rings (SSSR count). The molecule has 1 aliphatic carbocycles. The lowest BCUT2D eigenvalue weighted by atomic mass is 9.84. The average molecular weight is 583 g/mol. The molecule has 1 fully saturated rings. The summed E-state index contributed by atoms with van der Waals surface area (Å²) in [6.45, 7) is 3.20. The average Bonchev–Trinajstić information content (AvgIpc) is 2.98. The largest absolute Gasteiger partial charge is 0.573 e. The molecule has 9 heteroatoms. The van der Waals surface area contributed by atoms with Gasteiger partial charge in [-0.25, -0.2) is 0 Å². The molecule has 1 saturated carbocycles. The van der Waals surface area contributed by atoms with Crippen molar-refractivity contribution < 1.29 is 32.2 Å². The van der Waals surface area contributed by atoms with E-state index in [1.807, 2.05) is 12.1 Å². The predicted molar refractivity (Wildman–Crippen MR) is 155 cm³/mol. The number of benzene rings is 3. The zero-order valence-corrected chi connectivity index (χ0v) is 23.8. The molecule has 42 heavy (non-hydrogen) atoms. The second-order valence-electron chi connectivity index (χ2n) is 10.5. The molecule has 0 aromatic heterocycles. The molecule has 0 spiro atoms. The van der Waals surface area contributed by atoms with Crippen LogP contribution in [0.25, 0.3) is 0 Å². The first-order valence-corrected chi connectivity index (χ1v) is 14.4. The molecular formula is C33H37F3N2O4. The molecule has 3 aromatic carbocycles. The zero-order valence-electron chi connectivity index (χ0n) is 23.8. The van der Waals surface area contributed by atoms with Crippen molar-refractivity contribution in [2.75, 3.05) is 18.1 Å². The van der Waals surface area contributed by atoms with Crippen LogP contribution in [0, 0.1) is 0 Å². The van der Waals surface area contributed by atoms with Gasteiger partial charge in [0.25, 0.3) is 5.91 Å². The molecule has 0 radical (unpaired) electrons. The van der Waals surface area contributed by atoms with Crippen molar-refractivity contribution in [1.29, 1.82) is 0 Å². The van der Waals surface area contributed by atoms with Crippen LogP contribution in [0.1, 0.15) is 78.4 Å². The monoisotopic (exact) mass is 582 g/mol. The number of hydrogen-bond acceptors (Lipinski definition) is 5. The van der Waals surface area contributed by atoms with Crippen molar-refractivity contribution >= 4 is 17.6 Å². The number of halogens is 3. The van der Waals surface area contributed by atoms with Gasteiger partial charge >= 0.3 is 12.3 Å². The van der Waals surface area contributed by atoms with Crippen LogP contribution >= 0.6 is 0 Å². The Kier molecular flexibility index (Phi) is 10.9. The van der Waals surface area contributed by atoms with Crippen LogP contribution in [-0.4, -0.2) is 31.4 Å². The summed E-state index contributed by atoms with van der Waals surface area (Å²) in [6.07, 6.45) is 1.65. The molecule has 6 nitrogen and oxygen atoms in total. The number of amides is 1. The van der Waals surface area contributed by atoms with Gasteiger partial charge < -0.3 is 19.7 Å². The van der Waals surface area contributed by atoms with E-state index in [4.69, 9.17) is 4.74 Å². The highest BCUT2D eigenvalue weighted by molar-refractivity contribution is 5.94. The van der Waals surface area contributed by atoms with Gasteiger partial charge in [0, 0.05) is 30.9 Å². The first-order valence-electron chi connectivity index (χ1n) is 14.4. The van der Waals surface area contributed by atoms with E-state index in [2.05, 4.69) is 39.2 Å². The van der Waals surface area contributed by atoms with Crippen molar-refractivity contribution in [2.45, 2.75) is 70.8 Å². The van der Waals surface area contributed by atoms with Gasteiger partial charge in [0.05, 0.1) is 13.0 Å². The fourth-order valence-corrected chi connectivity index (χ4v) is 5.24. The molecule has 0 heterocycles. The second kappa shape index (κ2) is 14.8. The highest BCUT2D eigenvalue weighted by atomic mass is 19.4. The number of anilines is 1. The Hall–Kier alpha value is -4.01. The van der Waals surface area contributed by atoms with Gasteiger partial charge in [-0.15, -0.1) is 13.2 Å². The highest BCUT2D eigenvalue weighted by Crippen LogP contribution is 2.33. The Balaban J connectivity index is 1.47. The smallest absolute Gasteiger partial charge is 0.466 e. The maximum absolute atomic E-state index is 12.6. The third kappa shape index (κ3) is 9.53. The van der Waals surface area contributed by atoms with Gasteiger partial charge in [0.1, 0.15) is 5.75 Å². The van der Waals surface area contributed by atoms with Gasteiger partial charge in [0.15, 0.2) is 0 Å². The Morgan fingerprint density at radius 3 is 2.02 bits per heavy atom. The second-order valence-corrected chi connectivity index (χ2v) is 10.5. The van der Waals surface area contributed by atoms with Crippen LogP contribution < -0.4 is 15.0 Å². The first-order chi connectivity index (χ1) is 20.2. The van der Waals surface area contributed by atoms with Gasteiger partial charge in [-0.3, -0.25) is 9.59 Å². The SMILES string of the molecule is CCOC(=O)CCNC(=O)c1ccc(N(Cc2ccc(OC(F)(F)F)cc2)Cc2ccc(C3CCCCC3)cc2)cc1. The van der Waals surface area contributed by atoms with E-state index in [0.29, 0.717) is 31.2 Å². The molecular weight excluding hydrogens is 545 g/mol. The molecule has 0 unspecified atom stereocenters. The summed E-state index contributed by atoms with van der Waals surface area (Å²) in [7, 11) is 0. The first kappa shape index (κ1) is 30.9. The lowest BCUT2D eigenvalue weighted by Gasteiger charge is -2.26. The number of carbonyl (C=O) groups is 2. The minimum atomic E-state index is -4.75. The number of rotatable bonds is 12. The maximum Gasteiger partial charge on any atom is 0.573 e. The number of hydrogen-bond donors (Lipinski definition) is 1. The molecule has 224 valence electrons. The Morgan fingerprint density at radius 1 is 0.857 bits per heavy atom. The number of ether oxygens (including phenoxy) is 2. The van der Waals surface area contributed by atoms with Crippen LogP contribution in [0.3, 0.4) is 0 Å². The molecule has 0 bridgehead atoms. The molecule has 0 saturated heterocycles. The standard InChI is InChI=1S/C33H37F3N2O4/c1-2-41-31(39)20-21-37-32(40)28-14-16-29(17-15-28)38(23-25-10-18-30(19-11-25)42-33(34,35)36)22-24-8-12-27(13-9-24)26-6-4-3-5-7-26/h8-19,26H,2-7,20-23H2,1H3,(H,37,40). The fraction of sp³-hybridized carbons (Fsp3) is 0.394. The summed E-state index contributed by atoms with van der Waals surface area (Å²) in [6, 6.07) is 21.7. The predicted octanol–water partition coefficient (Wildman–Crippen LogP) is 7.52. The van der Waals surface area contributed by atoms with Crippen LogP contribution in [0.5, 0.6) is 5.75 Å². The van der Waals surface area contributed by atoms with Crippen molar-refractivity contribution in [3.8, 4) is 5.75 Å². The van der Waals surface area contributed by atoms with E-state index in [1.165, 1.54) is 49.8 Å². The van der Waals surface area contributed by atoms with Gasteiger partial charge in [-0.2, -0.15) is 0 Å². The lowest BCUT2D eigenvalue weighted by Crippen LogP contribution is -2.27. The van der Waals surface area contributed by atoms with Crippen molar-refractivity contribution in [3.05, 3.63) is 95.1 Å². The zero-order chi connectivity index (χ0) is 30.0. The summed E-state index contributed by atoms with van der Waals surface area (Å²) >= 11 is 0. The summed E-state index contributed by atoms with van der Waals surface area (Å²) < 4.78 is 46.7. The number of nitrogens with zero attached hydrogens (tertiary/aromatic N) is 1. The van der Waals surface area contributed by atoms with E-state index in [-0.39, 0.29) is 30.6 Å². The summed E-state index contributed by atoms with van der Waals surface area (Å²) in [5.41, 5.74) is 4.58. The van der Waals surface area contributed by atoms with Crippen LogP contribution in [0.15, 0.2) is 72.8 Å². The molecule has 0 atom stereocenters.